The van der Waals surface area contributed by atoms with Crippen molar-refractivity contribution in [3.05, 3.63) is 53.3 Å². The molecule has 0 bridgehead atoms. The summed E-state index contributed by atoms with van der Waals surface area (Å²) < 4.78 is 11.9. The molecule has 2 heterocycles. The Balaban J connectivity index is 1.35. The monoisotopic (exact) mass is 424 g/mol. The summed E-state index contributed by atoms with van der Waals surface area (Å²) in [5, 5.41) is 10.8. The van der Waals surface area contributed by atoms with E-state index in [0.717, 1.165) is 74.6 Å². The maximum atomic E-state index is 10.8. The van der Waals surface area contributed by atoms with Gasteiger partial charge in [0.05, 0.1) is 13.2 Å². The summed E-state index contributed by atoms with van der Waals surface area (Å²) in [7, 11) is 1.68. The van der Waals surface area contributed by atoms with Gasteiger partial charge in [-0.2, -0.15) is 0 Å². The first-order valence-electron chi connectivity index (χ1n) is 11.7. The number of aryl methyl sites for hydroxylation is 2. The van der Waals surface area contributed by atoms with Crippen molar-refractivity contribution in [2.75, 3.05) is 26.7 Å². The molecular weight excluding hydrogens is 388 g/mol. The van der Waals surface area contributed by atoms with Gasteiger partial charge in [0.15, 0.2) is 11.5 Å². The number of rotatable bonds is 8. The lowest BCUT2D eigenvalue weighted by molar-refractivity contribution is -0.0240. The Bertz CT molecular complexity index is 871. The van der Waals surface area contributed by atoms with Gasteiger partial charge in [-0.1, -0.05) is 25.5 Å². The molecule has 0 unspecified atom stereocenters. The highest BCUT2D eigenvalue weighted by Gasteiger charge is 2.42. The van der Waals surface area contributed by atoms with Crippen LogP contribution < -0.4 is 9.47 Å². The highest BCUT2D eigenvalue weighted by molar-refractivity contribution is 5.43. The number of aliphatic hydroxyl groups is 1. The standard InChI is InChI=1S/C26H36N2O3/c1-4-6-19-9-10-24(26(13-19)30-3)31-25-15-21-17-28(16-20(21)14-23(25)29)12-11-22-8-5-7-18(2)27-22/h5,7-10,13,20-21,23,25,29H,4,6,11-12,14-17H2,1-3H3/t20-,21+,23+,25+/m0/s1. The quantitative estimate of drug-likeness (QED) is 0.693. The third-order valence-electron chi connectivity index (χ3n) is 6.84. The van der Waals surface area contributed by atoms with Gasteiger partial charge in [-0.15, -0.1) is 0 Å². The summed E-state index contributed by atoms with van der Waals surface area (Å²) >= 11 is 0. The number of hydrogen-bond acceptors (Lipinski definition) is 5. The Morgan fingerprint density at radius 3 is 2.61 bits per heavy atom. The lowest BCUT2D eigenvalue weighted by atomic mass is 9.78. The molecule has 1 aromatic carbocycles. The first-order valence-corrected chi connectivity index (χ1v) is 11.7. The van der Waals surface area contributed by atoms with E-state index in [0.29, 0.717) is 11.8 Å². The van der Waals surface area contributed by atoms with Crippen molar-refractivity contribution >= 4 is 0 Å². The van der Waals surface area contributed by atoms with Crippen LogP contribution in [0.4, 0.5) is 0 Å². The fourth-order valence-corrected chi connectivity index (χ4v) is 5.22. The van der Waals surface area contributed by atoms with Gasteiger partial charge in [-0.25, -0.2) is 0 Å². The maximum absolute atomic E-state index is 10.8. The highest BCUT2D eigenvalue weighted by atomic mass is 16.5. The molecule has 1 saturated heterocycles. The van der Waals surface area contributed by atoms with E-state index in [1.165, 1.54) is 5.56 Å². The van der Waals surface area contributed by atoms with Crippen molar-refractivity contribution < 1.29 is 14.6 Å². The number of ether oxygens (including phenoxy) is 2. The Morgan fingerprint density at radius 1 is 1.06 bits per heavy atom. The van der Waals surface area contributed by atoms with Gasteiger partial charge in [-0.05, 0) is 67.9 Å². The van der Waals surface area contributed by atoms with Crippen LogP contribution in [-0.4, -0.2) is 53.9 Å². The van der Waals surface area contributed by atoms with Crippen molar-refractivity contribution in [1.82, 2.24) is 9.88 Å². The minimum absolute atomic E-state index is 0.175. The van der Waals surface area contributed by atoms with Crippen molar-refractivity contribution in [3.8, 4) is 11.5 Å². The number of likely N-dealkylation sites (tertiary alicyclic amines) is 1. The zero-order valence-corrected chi connectivity index (χ0v) is 19.1. The molecule has 1 aliphatic carbocycles. The predicted molar refractivity (Wildman–Crippen MR) is 123 cm³/mol. The predicted octanol–water partition coefficient (Wildman–Crippen LogP) is 4.04. The third-order valence-corrected chi connectivity index (χ3v) is 6.84. The first-order chi connectivity index (χ1) is 15.1. The third kappa shape index (κ3) is 5.39. The van der Waals surface area contributed by atoms with E-state index in [9.17, 15) is 5.11 Å². The summed E-state index contributed by atoms with van der Waals surface area (Å²) in [6.45, 7) is 7.39. The molecule has 0 radical (unpaired) electrons. The molecule has 1 saturated carbocycles. The van der Waals surface area contributed by atoms with Crippen molar-refractivity contribution in [2.24, 2.45) is 11.8 Å². The topological polar surface area (TPSA) is 54.8 Å². The van der Waals surface area contributed by atoms with E-state index in [-0.39, 0.29) is 6.10 Å². The largest absolute Gasteiger partial charge is 0.493 e. The van der Waals surface area contributed by atoms with Gasteiger partial charge >= 0.3 is 0 Å². The van der Waals surface area contributed by atoms with Crippen LogP contribution in [0.1, 0.15) is 43.1 Å². The molecular formula is C26H36N2O3. The summed E-state index contributed by atoms with van der Waals surface area (Å²) in [6, 6.07) is 12.4. The maximum Gasteiger partial charge on any atom is 0.161 e. The molecule has 2 fully saturated rings. The second-order valence-corrected chi connectivity index (χ2v) is 9.23. The van der Waals surface area contributed by atoms with Crippen LogP contribution in [0, 0.1) is 18.8 Å². The number of nitrogens with zero attached hydrogens (tertiary/aromatic N) is 2. The molecule has 1 N–H and O–H groups in total. The van der Waals surface area contributed by atoms with E-state index in [4.69, 9.17) is 9.47 Å². The number of fused-ring (bicyclic) bond motifs is 1. The molecule has 31 heavy (non-hydrogen) atoms. The Morgan fingerprint density at radius 2 is 1.87 bits per heavy atom. The Labute approximate surface area is 186 Å². The van der Waals surface area contributed by atoms with Crippen LogP contribution in [-0.2, 0) is 12.8 Å². The van der Waals surface area contributed by atoms with Gasteiger partial charge in [0.1, 0.15) is 6.10 Å². The van der Waals surface area contributed by atoms with Gasteiger partial charge in [0, 0.05) is 37.4 Å². The molecule has 2 aliphatic rings. The fraction of sp³-hybridized carbons (Fsp3) is 0.577. The van der Waals surface area contributed by atoms with E-state index in [1.54, 1.807) is 7.11 Å². The molecule has 0 spiro atoms. The number of benzene rings is 1. The summed E-state index contributed by atoms with van der Waals surface area (Å²) in [5.41, 5.74) is 3.49. The number of pyridine rings is 1. The smallest absolute Gasteiger partial charge is 0.161 e. The number of aliphatic hydroxyl groups excluding tert-OH is 1. The van der Waals surface area contributed by atoms with E-state index in [2.05, 4.69) is 41.1 Å². The molecule has 5 heteroatoms. The van der Waals surface area contributed by atoms with Crippen LogP contribution in [0.15, 0.2) is 36.4 Å². The lowest BCUT2D eigenvalue weighted by Gasteiger charge is -2.35. The van der Waals surface area contributed by atoms with Crippen molar-refractivity contribution in [1.29, 1.82) is 0 Å². The van der Waals surface area contributed by atoms with Crippen LogP contribution in [0.25, 0.3) is 0 Å². The van der Waals surface area contributed by atoms with Gasteiger partial charge in [0.25, 0.3) is 0 Å². The normalized spacial score (nSPS) is 25.9. The van der Waals surface area contributed by atoms with Crippen LogP contribution >= 0.6 is 0 Å². The van der Waals surface area contributed by atoms with Gasteiger partial charge in [0.2, 0.25) is 0 Å². The number of hydrogen-bond donors (Lipinski definition) is 1. The molecule has 2 aromatic rings. The minimum atomic E-state index is -0.431. The molecule has 1 aliphatic heterocycles. The van der Waals surface area contributed by atoms with Crippen LogP contribution in [0.2, 0.25) is 0 Å². The van der Waals surface area contributed by atoms with E-state index in [1.807, 2.05) is 19.1 Å². The first kappa shape index (κ1) is 22.1. The summed E-state index contributed by atoms with van der Waals surface area (Å²) in [6.07, 6.45) is 4.20. The zero-order valence-electron chi connectivity index (χ0n) is 19.1. The Kier molecular flexibility index (Phi) is 7.13. The summed E-state index contributed by atoms with van der Waals surface area (Å²) in [4.78, 5) is 7.17. The average Bonchev–Trinajstić information content (AvgIpc) is 3.15. The number of aromatic nitrogens is 1. The van der Waals surface area contributed by atoms with Gasteiger partial charge in [-0.3, -0.25) is 4.98 Å². The lowest BCUT2D eigenvalue weighted by Crippen LogP contribution is -2.42. The second kappa shape index (κ2) is 10.0. The molecule has 4 rings (SSSR count). The highest BCUT2D eigenvalue weighted by Crippen LogP contribution is 2.39. The molecule has 4 atom stereocenters. The van der Waals surface area contributed by atoms with E-state index >= 15 is 0 Å². The molecule has 1 aromatic heterocycles. The van der Waals surface area contributed by atoms with Crippen LogP contribution in [0.5, 0.6) is 11.5 Å². The molecule has 0 amide bonds. The molecule has 168 valence electrons. The molecule has 5 nitrogen and oxygen atoms in total. The van der Waals surface area contributed by atoms with Gasteiger partial charge < -0.3 is 19.5 Å². The van der Waals surface area contributed by atoms with Crippen molar-refractivity contribution in [3.63, 3.8) is 0 Å². The zero-order chi connectivity index (χ0) is 21.8. The van der Waals surface area contributed by atoms with Crippen LogP contribution in [0.3, 0.4) is 0 Å². The number of methoxy groups -OCH3 is 1. The SMILES string of the molecule is CCCc1ccc(O[C@@H]2C[C@@H]3CN(CCc4cccc(C)n4)C[C@@H]3C[C@H]2O)c(OC)c1. The van der Waals surface area contributed by atoms with Crippen molar-refractivity contribution in [2.45, 2.75) is 58.2 Å². The average molecular weight is 425 g/mol. The second-order valence-electron chi connectivity index (χ2n) is 9.23. The minimum Gasteiger partial charge on any atom is -0.493 e. The summed E-state index contributed by atoms with van der Waals surface area (Å²) in [5.74, 6) is 2.63. The van der Waals surface area contributed by atoms with E-state index < -0.39 is 6.10 Å². The fourth-order valence-electron chi connectivity index (χ4n) is 5.22. The Hall–Kier alpha value is -2.11.